The molecular formula is C24H33N5O7S. The minimum absolute atomic E-state index is 0.0471. The van der Waals surface area contributed by atoms with Crippen molar-refractivity contribution < 1.29 is 27.8 Å². The number of hydrogen-bond acceptors (Lipinski definition) is 9. The molecule has 0 fully saturated rings. The van der Waals surface area contributed by atoms with Crippen LogP contribution in [0.3, 0.4) is 0 Å². The van der Waals surface area contributed by atoms with Crippen LogP contribution in [0.2, 0.25) is 0 Å². The number of fused-ring (bicyclic) bond motifs is 1. The Morgan fingerprint density at radius 3 is 2.65 bits per heavy atom. The van der Waals surface area contributed by atoms with Crippen molar-refractivity contribution in [3.05, 3.63) is 34.2 Å². The quantitative estimate of drug-likeness (QED) is 0.276. The Morgan fingerprint density at radius 2 is 2.00 bits per heavy atom. The summed E-state index contributed by atoms with van der Waals surface area (Å²) in [6, 6.07) is 3.38. The van der Waals surface area contributed by atoms with Gasteiger partial charge in [0, 0.05) is 26.4 Å². The van der Waals surface area contributed by atoms with Crippen LogP contribution in [0.5, 0.6) is 5.75 Å². The predicted molar refractivity (Wildman–Crippen MR) is 137 cm³/mol. The van der Waals surface area contributed by atoms with Gasteiger partial charge in [-0.05, 0) is 31.0 Å². The number of rotatable bonds is 13. The number of carbonyl (C=O) groups is 1. The minimum Gasteiger partial charge on any atom is -0.493 e. The summed E-state index contributed by atoms with van der Waals surface area (Å²) in [5.41, 5.74) is 1.33. The molecule has 1 unspecified atom stereocenters. The predicted octanol–water partition coefficient (Wildman–Crippen LogP) is 1.66. The summed E-state index contributed by atoms with van der Waals surface area (Å²) >= 11 is 0. The molecule has 2 aromatic heterocycles. The van der Waals surface area contributed by atoms with Gasteiger partial charge in [0.1, 0.15) is 17.1 Å². The van der Waals surface area contributed by atoms with Gasteiger partial charge in [-0.2, -0.15) is 5.10 Å². The molecule has 2 heterocycles. The average molecular weight is 536 g/mol. The van der Waals surface area contributed by atoms with Crippen LogP contribution in [0.15, 0.2) is 27.9 Å². The number of carbonyl (C=O) groups excluding carboxylic acids is 1. The van der Waals surface area contributed by atoms with Crippen molar-refractivity contribution >= 4 is 27.0 Å². The van der Waals surface area contributed by atoms with Crippen molar-refractivity contribution in [1.29, 1.82) is 0 Å². The molecule has 1 atom stereocenters. The van der Waals surface area contributed by atoms with E-state index in [1.165, 1.54) is 29.8 Å². The lowest BCUT2D eigenvalue weighted by Gasteiger charge is -2.17. The molecule has 3 N–H and O–H groups in total. The van der Waals surface area contributed by atoms with Crippen LogP contribution >= 0.6 is 0 Å². The summed E-state index contributed by atoms with van der Waals surface area (Å²) in [6.45, 7) is 5.02. The lowest BCUT2D eigenvalue weighted by atomic mass is 10.1. The number of sulfonamides is 1. The van der Waals surface area contributed by atoms with Gasteiger partial charge in [-0.25, -0.2) is 18.1 Å². The smallest absolute Gasteiger partial charge is 0.302 e. The number of aryl methyl sites for hydroxylation is 2. The van der Waals surface area contributed by atoms with Gasteiger partial charge in [-0.3, -0.25) is 14.3 Å². The first-order chi connectivity index (χ1) is 17.6. The number of esters is 1. The molecule has 0 saturated carbocycles. The van der Waals surface area contributed by atoms with Crippen LogP contribution < -0.4 is 15.0 Å². The molecule has 3 rings (SSSR count). The van der Waals surface area contributed by atoms with E-state index in [2.05, 4.69) is 19.8 Å². The van der Waals surface area contributed by atoms with E-state index in [4.69, 9.17) is 9.47 Å². The second-order valence-electron chi connectivity index (χ2n) is 8.57. The Labute approximate surface area is 215 Å². The zero-order chi connectivity index (χ0) is 27.2. The molecule has 13 heteroatoms. The van der Waals surface area contributed by atoms with E-state index in [-0.39, 0.29) is 23.7 Å². The molecule has 0 aliphatic rings. The van der Waals surface area contributed by atoms with Crippen molar-refractivity contribution in [2.24, 2.45) is 7.05 Å². The molecule has 12 nitrogen and oxygen atoms in total. The second kappa shape index (κ2) is 12.3. The lowest BCUT2D eigenvalue weighted by Crippen LogP contribution is -2.38. The number of nitrogens with one attached hydrogen (secondary N) is 2. The normalized spacial score (nSPS) is 12.6. The van der Waals surface area contributed by atoms with Crippen LogP contribution in [0, 0.1) is 0 Å². The molecule has 3 aromatic rings. The molecule has 0 aliphatic carbocycles. The molecule has 0 spiro atoms. The highest BCUT2D eigenvalue weighted by atomic mass is 32.2. The van der Waals surface area contributed by atoms with E-state index in [1.807, 2.05) is 13.8 Å². The molecule has 202 valence electrons. The fraction of sp³-hybridized carbons (Fsp3) is 0.500. The topological polar surface area (TPSA) is 166 Å². The highest BCUT2D eigenvalue weighted by Gasteiger charge is 2.23. The van der Waals surface area contributed by atoms with Crippen molar-refractivity contribution in [2.75, 3.05) is 19.8 Å². The fourth-order valence-corrected chi connectivity index (χ4v) is 5.09. The Balaban J connectivity index is 2.06. The van der Waals surface area contributed by atoms with Crippen molar-refractivity contribution in [3.8, 4) is 17.1 Å². The average Bonchev–Trinajstić information content (AvgIpc) is 3.17. The van der Waals surface area contributed by atoms with Gasteiger partial charge in [-0.15, -0.1) is 0 Å². The Kier molecular flexibility index (Phi) is 9.40. The number of aromatic amines is 1. The molecule has 0 amide bonds. The maximum atomic E-state index is 13.2. The summed E-state index contributed by atoms with van der Waals surface area (Å²) in [7, 11) is -2.43. The van der Waals surface area contributed by atoms with Crippen LogP contribution in [-0.4, -0.2) is 65.1 Å². The Hall–Kier alpha value is -3.29. The molecule has 0 bridgehead atoms. The van der Waals surface area contributed by atoms with Crippen LogP contribution in [-0.2, 0) is 33.0 Å². The summed E-state index contributed by atoms with van der Waals surface area (Å²) < 4.78 is 40.9. The minimum atomic E-state index is -4.10. The highest BCUT2D eigenvalue weighted by Crippen LogP contribution is 2.31. The largest absolute Gasteiger partial charge is 0.493 e. The standard InChI is InChI=1S/C24H33N5O7S/c1-5-7-19-21-22(29(4)27-19)24(32)26-23(25-21)18-13-17(8-9-20(18)36-11-6-2)37(33,34)28-16(14-30)10-12-35-15(3)31/h8-9,13,16,28,30H,5-7,10-12,14H2,1-4H3,(H,25,26,32). The summed E-state index contributed by atoms with van der Waals surface area (Å²) in [4.78, 5) is 31.2. The summed E-state index contributed by atoms with van der Waals surface area (Å²) in [6.07, 6.45) is 2.24. The molecule has 0 radical (unpaired) electrons. The number of ether oxygens (including phenoxy) is 2. The zero-order valence-electron chi connectivity index (χ0n) is 21.4. The van der Waals surface area contributed by atoms with Crippen molar-refractivity contribution in [1.82, 2.24) is 24.5 Å². The lowest BCUT2D eigenvalue weighted by molar-refractivity contribution is -0.141. The van der Waals surface area contributed by atoms with Crippen LogP contribution in [0.25, 0.3) is 22.4 Å². The van der Waals surface area contributed by atoms with E-state index in [0.717, 1.165) is 6.42 Å². The first-order valence-corrected chi connectivity index (χ1v) is 13.6. The first-order valence-electron chi connectivity index (χ1n) is 12.1. The van der Waals surface area contributed by atoms with Crippen molar-refractivity contribution in [2.45, 2.75) is 57.4 Å². The molecule has 0 aliphatic heterocycles. The van der Waals surface area contributed by atoms with Gasteiger partial charge in [0.2, 0.25) is 10.0 Å². The number of aromatic nitrogens is 4. The molecule has 0 saturated heterocycles. The van der Waals surface area contributed by atoms with Crippen LogP contribution in [0.1, 0.15) is 45.7 Å². The van der Waals surface area contributed by atoms with Gasteiger partial charge in [0.15, 0.2) is 5.52 Å². The van der Waals surface area contributed by atoms with Gasteiger partial charge >= 0.3 is 5.97 Å². The zero-order valence-corrected chi connectivity index (χ0v) is 22.2. The van der Waals surface area contributed by atoms with Gasteiger partial charge in [-0.1, -0.05) is 20.3 Å². The van der Waals surface area contributed by atoms with E-state index in [9.17, 15) is 23.1 Å². The van der Waals surface area contributed by atoms with Gasteiger partial charge in [0.05, 0.1) is 36.0 Å². The first kappa shape index (κ1) is 28.3. The molecule has 1 aromatic carbocycles. The Bertz CT molecular complexity index is 1410. The number of benzene rings is 1. The highest BCUT2D eigenvalue weighted by molar-refractivity contribution is 7.89. The number of hydrogen-bond donors (Lipinski definition) is 3. The number of H-pyrrole nitrogens is 1. The maximum absolute atomic E-state index is 13.2. The maximum Gasteiger partial charge on any atom is 0.302 e. The third-order valence-electron chi connectivity index (χ3n) is 5.54. The molecule has 37 heavy (non-hydrogen) atoms. The monoisotopic (exact) mass is 535 g/mol. The Morgan fingerprint density at radius 1 is 1.24 bits per heavy atom. The fourth-order valence-electron chi connectivity index (χ4n) is 3.80. The van der Waals surface area contributed by atoms with E-state index >= 15 is 0 Å². The van der Waals surface area contributed by atoms with E-state index < -0.39 is 34.2 Å². The number of nitrogens with zero attached hydrogens (tertiary/aromatic N) is 3. The van der Waals surface area contributed by atoms with Gasteiger partial charge in [0.25, 0.3) is 5.56 Å². The van der Waals surface area contributed by atoms with Crippen LogP contribution in [0.4, 0.5) is 0 Å². The molecular weight excluding hydrogens is 502 g/mol. The van der Waals surface area contributed by atoms with E-state index in [0.29, 0.717) is 47.5 Å². The van der Waals surface area contributed by atoms with Crippen molar-refractivity contribution in [3.63, 3.8) is 0 Å². The second-order valence-corrected chi connectivity index (χ2v) is 10.3. The number of aliphatic hydroxyl groups excluding tert-OH is 1. The van der Waals surface area contributed by atoms with E-state index in [1.54, 1.807) is 7.05 Å². The number of aliphatic hydroxyl groups is 1. The summed E-state index contributed by atoms with van der Waals surface area (Å²) in [5.74, 6) is 0.0124. The third-order valence-corrected chi connectivity index (χ3v) is 7.06. The van der Waals surface area contributed by atoms with Gasteiger partial charge < -0.3 is 19.6 Å². The summed E-state index contributed by atoms with van der Waals surface area (Å²) in [5, 5.41) is 14.1. The third kappa shape index (κ3) is 6.73. The SMILES string of the molecule is CCCOc1ccc(S(=O)(=O)NC(CO)CCOC(C)=O)cc1-c1nc2c(CCC)nn(C)c2c(=O)[nH]1.